The summed E-state index contributed by atoms with van der Waals surface area (Å²) in [6.07, 6.45) is 30.9. The van der Waals surface area contributed by atoms with E-state index < -0.39 is 0 Å². The van der Waals surface area contributed by atoms with Crippen LogP contribution in [0.5, 0.6) is 0 Å². The lowest BCUT2D eigenvalue weighted by molar-refractivity contribution is -0.0529. The molecular formula is C38H70. The van der Waals surface area contributed by atoms with Crippen LogP contribution in [0, 0.1) is 52.3 Å². The van der Waals surface area contributed by atoms with Crippen LogP contribution in [0.3, 0.4) is 0 Å². The highest BCUT2D eigenvalue weighted by atomic mass is 14.6. The Morgan fingerprint density at radius 3 is 2.21 bits per heavy atom. The van der Waals surface area contributed by atoms with E-state index in [-0.39, 0.29) is 0 Å². The molecule has 0 aliphatic heterocycles. The fourth-order valence-electron chi connectivity index (χ4n) is 10.4. The summed E-state index contributed by atoms with van der Waals surface area (Å²) in [5, 5.41) is 0. The Morgan fingerprint density at radius 1 is 0.789 bits per heavy atom. The minimum absolute atomic E-state index is 0.544. The minimum Gasteiger partial charge on any atom is -0.0845 e. The van der Waals surface area contributed by atoms with E-state index in [1.807, 2.05) is 19.4 Å². The van der Waals surface area contributed by atoms with Crippen LogP contribution in [0.25, 0.3) is 0 Å². The third-order valence-electron chi connectivity index (χ3n) is 12.6. The summed E-state index contributed by atoms with van der Waals surface area (Å²) in [6, 6.07) is 0. The Kier molecular flexibility index (Phi) is 12.8. The first kappa shape index (κ1) is 32.3. The van der Waals surface area contributed by atoms with E-state index >= 15 is 0 Å². The van der Waals surface area contributed by atoms with Crippen LogP contribution in [0.4, 0.5) is 0 Å². The highest BCUT2D eigenvalue weighted by Crippen LogP contribution is 2.67. The lowest BCUT2D eigenvalue weighted by Crippen LogP contribution is -2.50. The van der Waals surface area contributed by atoms with Gasteiger partial charge >= 0.3 is 0 Å². The van der Waals surface area contributed by atoms with Gasteiger partial charge in [-0.1, -0.05) is 138 Å². The Bertz CT molecular complexity index is 701. The number of rotatable bonds is 13. The molecule has 0 bridgehead atoms. The van der Waals surface area contributed by atoms with Crippen molar-refractivity contribution < 1.29 is 0 Å². The molecule has 8 unspecified atom stereocenters. The van der Waals surface area contributed by atoms with Crippen molar-refractivity contribution in [2.45, 2.75) is 177 Å². The topological polar surface area (TPSA) is 0 Å². The van der Waals surface area contributed by atoms with Gasteiger partial charge in [0.15, 0.2) is 0 Å². The average molecular weight is 527 g/mol. The SMILES string of the molecule is CC.CCCCCCCCCC1CCC2(C)C(=CCC3C2CCC2(C)C(C(C)CCCC(C)C)CCC32)C1. The molecule has 0 N–H and O–H groups in total. The molecule has 222 valence electrons. The van der Waals surface area contributed by atoms with Crippen LogP contribution in [-0.4, -0.2) is 0 Å². The summed E-state index contributed by atoms with van der Waals surface area (Å²) < 4.78 is 0. The Morgan fingerprint density at radius 2 is 1.50 bits per heavy atom. The maximum Gasteiger partial charge on any atom is -0.00851 e. The van der Waals surface area contributed by atoms with Crippen LogP contribution in [-0.2, 0) is 0 Å². The van der Waals surface area contributed by atoms with E-state index in [0.29, 0.717) is 10.8 Å². The standard InChI is InChI=1S/C36H64.C2H6/c1-7-8-9-10-11-12-13-17-29-22-24-35(5)30(26-29)18-19-31-33-21-20-32(28(4)16-14-15-27(2)3)36(33,6)25-23-34(31)35;1-2/h18,27-29,31-34H,7-17,19-26H2,1-6H3;1-2H3. The molecule has 0 amide bonds. The smallest absolute Gasteiger partial charge is 0.00851 e. The van der Waals surface area contributed by atoms with Crippen molar-refractivity contribution in [1.29, 1.82) is 0 Å². The lowest BCUT2D eigenvalue weighted by atomic mass is 9.46. The fraction of sp³-hybridized carbons (Fsp3) is 0.947. The molecule has 38 heavy (non-hydrogen) atoms. The van der Waals surface area contributed by atoms with Crippen molar-refractivity contribution in [2.24, 2.45) is 52.3 Å². The summed E-state index contributed by atoms with van der Waals surface area (Å²) in [4.78, 5) is 0. The second-order valence-corrected chi connectivity index (χ2v) is 15.3. The van der Waals surface area contributed by atoms with Crippen LogP contribution >= 0.6 is 0 Å². The van der Waals surface area contributed by atoms with Gasteiger partial charge < -0.3 is 0 Å². The van der Waals surface area contributed by atoms with Crippen molar-refractivity contribution in [3.8, 4) is 0 Å². The van der Waals surface area contributed by atoms with Crippen LogP contribution in [0.1, 0.15) is 177 Å². The number of allylic oxidation sites excluding steroid dienone is 2. The van der Waals surface area contributed by atoms with Gasteiger partial charge in [-0.15, -0.1) is 0 Å². The van der Waals surface area contributed by atoms with Crippen molar-refractivity contribution >= 4 is 0 Å². The van der Waals surface area contributed by atoms with Gasteiger partial charge in [-0.3, -0.25) is 0 Å². The molecule has 0 aromatic heterocycles. The second kappa shape index (κ2) is 15.1. The molecule has 0 spiro atoms. The van der Waals surface area contributed by atoms with Crippen LogP contribution in [0.15, 0.2) is 11.6 Å². The van der Waals surface area contributed by atoms with Crippen molar-refractivity contribution in [3.05, 3.63) is 11.6 Å². The Balaban J connectivity index is 0.00000195. The zero-order valence-electron chi connectivity index (χ0n) is 27.6. The van der Waals surface area contributed by atoms with E-state index in [1.165, 1.54) is 122 Å². The summed E-state index contributed by atoms with van der Waals surface area (Å²) in [6.45, 7) is 19.2. The molecule has 8 atom stereocenters. The molecule has 0 saturated heterocycles. The van der Waals surface area contributed by atoms with E-state index in [9.17, 15) is 0 Å². The molecular weight excluding hydrogens is 456 g/mol. The number of hydrogen-bond donors (Lipinski definition) is 0. The monoisotopic (exact) mass is 527 g/mol. The van der Waals surface area contributed by atoms with Gasteiger partial charge in [-0.05, 0) is 104 Å². The van der Waals surface area contributed by atoms with Gasteiger partial charge in [0, 0.05) is 0 Å². The van der Waals surface area contributed by atoms with Gasteiger partial charge in [0.1, 0.15) is 0 Å². The van der Waals surface area contributed by atoms with Crippen molar-refractivity contribution in [3.63, 3.8) is 0 Å². The molecule has 0 nitrogen and oxygen atoms in total. The normalized spacial score (nSPS) is 37.0. The molecule has 0 aromatic rings. The average Bonchev–Trinajstić information content (AvgIpc) is 3.26. The number of unbranched alkanes of at least 4 members (excludes halogenated alkanes) is 6. The predicted molar refractivity (Wildman–Crippen MR) is 170 cm³/mol. The highest BCUT2D eigenvalue weighted by Gasteiger charge is 2.59. The second-order valence-electron chi connectivity index (χ2n) is 15.3. The summed E-state index contributed by atoms with van der Waals surface area (Å²) in [7, 11) is 0. The minimum atomic E-state index is 0.544. The summed E-state index contributed by atoms with van der Waals surface area (Å²) in [5.41, 5.74) is 3.10. The zero-order valence-corrected chi connectivity index (χ0v) is 27.6. The molecule has 0 aromatic carbocycles. The van der Waals surface area contributed by atoms with Gasteiger partial charge in [0.25, 0.3) is 0 Å². The van der Waals surface area contributed by atoms with E-state index in [2.05, 4.69) is 47.6 Å². The third kappa shape index (κ3) is 7.32. The van der Waals surface area contributed by atoms with Gasteiger partial charge in [0.05, 0.1) is 0 Å². The van der Waals surface area contributed by atoms with Crippen molar-refractivity contribution in [2.75, 3.05) is 0 Å². The predicted octanol–water partition coefficient (Wildman–Crippen LogP) is 12.8. The largest absolute Gasteiger partial charge is 0.0845 e. The molecule has 4 rings (SSSR count). The maximum absolute atomic E-state index is 2.82. The Labute approximate surface area is 241 Å². The quantitative estimate of drug-likeness (QED) is 0.165. The molecule has 0 heterocycles. The Hall–Kier alpha value is -0.260. The third-order valence-corrected chi connectivity index (χ3v) is 12.6. The first-order valence-corrected chi connectivity index (χ1v) is 18.0. The summed E-state index contributed by atoms with van der Waals surface area (Å²) in [5.74, 6) is 6.78. The van der Waals surface area contributed by atoms with Crippen molar-refractivity contribution in [1.82, 2.24) is 0 Å². The lowest BCUT2D eigenvalue weighted by Gasteiger charge is -2.58. The molecule has 3 fully saturated rings. The first-order valence-electron chi connectivity index (χ1n) is 18.0. The molecule has 0 heteroatoms. The molecule has 0 radical (unpaired) electrons. The van der Waals surface area contributed by atoms with E-state index in [1.54, 1.807) is 0 Å². The first-order chi connectivity index (χ1) is 18.3. The fourth-order valence-corrected chi connectivity index (χ4v) is 10.4. The zero-order chi connectivity index (χ0) is 27.8. The maximum atomic E-state index is 2.82. The van der Waals surface area contributed by atoms with E-state index in [4.69, 9.17) is 0 Å². The highest BCUT2D eigenvalue weighted by molar-refractivity contribution is 5.25. The molecule has 4 aliphatic rings. The van der Waals surface area contributed by atoms with Gasteiger partial charge in [-0.2, -0.15) is 0 Å². The summed E-state index contributed by atoms with van der Waals surface area (Å²) >= 11 is 0. The molecule has 3 saturated carbocycles. The van der Waals surface area contributed by atoms with Crippen LogP contribution < -0.4 is 0 Å². The number of fused-ring (bicyclic) bond motifs is 5. The molecule has 4 aliphatic carbocycles. The van der Waals surface area contributed by atoms with Gasteiger partial charge in [-0.25, -0.2) is 0 Å². The van der Waals surface area contributed by atoms with Crippen LogP contribution in [0.2, 0.25) is 0 Å². The number of hydrogen-bond acceptors (Lipinski definition) is 0. The van der Waals surface area contributed by atoms with E-state index in [0.717, 1.165) is 41.4 Å². The van der Waals surface area contributed by atoms with Gasteiger partial charge in [0.2, 0.25) is 0 Å².